The molecule has 3 aromatic rings. The SMILES string of the molecule is O=C(O)CC1SC(=NN=Cc2ccc(C=CC(=O)c3ccc4ccccc4c3)cc2)NC1=O. The highest BCUT2D eigenvalue weighted by molar-refractivity contribution is 8.15. The van der Waals surface area contributed by atoms with Gasteiger partial charge in [-0.15, -0.1) is 5.10 Å². The molecule has 0 aliphatic carbocycles. The van der Waals surface area contributed by atoms with Gasteiger partial charge in [-0.25, -0.2) is 0 Å². The van der Waals surface area contributed by atoms with Gasteiger partial charge in [-0.3, -0.25) is 14.4 Å². The average Bonchev–Trinajstić information content (AvgIpc) is 3.16. The van der Waals surface area contributed by atoms with E-state index in [2.05, 4.69) is 15.5 Å². The standard InChI is InChI=1S/C25H19N3O4S/c29-21(20-11-10-18-3-1-2-4-19(18)13-20)12-9-16-5-7-17(8-6-16)15-26-28-25-27-24(32)22(33-25)14-23(30)31/h1-13,15,22H,14H2,(H,30,31)(H,27,28,32). The lowest BCUT2D eigenvalue weighted by Crippen LogP contribution is -2.26. The molecule has 1 amide bonds. The number of hydrogen-bond acceptors (Lipinski definition) is 6. The lowest BCUT2D eigenvalue weighted by molar-refractivity contribution is -0.138. The molecule has 1 aliphatic heterocycles. The van der Waals surface area contributed by atoms with Crippen LogP contribution in [0.15, 0.2) is 83.0 Å². The normalized spacial score (nSPS) is 17.3. The zero-order valence-corrected chi connectivity index (χ0v) is 18.2. The molecule has 1 aliphatic rings. The molecule has 0 radical (unpaired) electrons. The maximum absolute atomic E-state index is 12.5. The first-order valence-corrected chi connectivity index (χ1v) is 11.0. The number of allylic oxidation sites excluding steroid dienone is 1. The zero-order valence-electron chi connectivity index (χ0n) is 17.3. The van der Waals surface area contributed by atoms with Crippen LogP contribution in [0.25, 0.3) is 16.8 Å². The average molecular weight is 458 g/mol. The highest BCUT2D eigenvalue weighted by Crippen LogP contribution is 2.22. The highest BCUT2D eigenvalue weighted by Gasteiger charge is 2.32. The Labute approximate surface area is 193 Å². The molecule has 1 heterocycles. The first-order chi connectivity index (χ1) is 16.0. The van der Waals surface area contributed by atoms with Crippen LogP contribution in [0.3, 0.4) is 0 Å². The molecule has 1 saturated heterocycles. The topological polar surface area (TPSA) is 108 Å². The van der Waals surface area contributed by atoms with Gasteiger partial charge in [0.25, 0.3) is 0 Å². The highest BCUT2D eigenvalue weighted by atomic mass is 32.2. The predicted octanol–water partition coefficient (Wildman–Crippen LogP) is 4.13. The van der Waals surface area contributed by atoms with Crippen molar-refractivity contribution in [2.24, 2.45) is 10.2 Å². The first-order valence-electron chi connectivity index (χ1n) is 10.1. The summed E-state index contributed by atoms with van der Waals surface area (Å²) >= 11 is 1.05. The number of rotatable bonds is 7. The van der Waals surface area contributed by atoms with E-state index in [0.717, 1.165) is 33.7 Å². The number of aliphatic carboxylic acids is 1. The second-order valence-electron chi connectivity index (χ2n) is 7.27. The Morgan fingerprint density at radius 2 is 1.73 bits per heavy atom. The molecule has 8 heteroatoms. The molecule has 1 unspecified atom stereocenters. The lowest BCUT2D eigenvalue weighted by atomic mass is 10.0. The number of hydrogen-bond donors (Lipinski definition) is 2. The van der Waals surface area contributed by atoms with E-state index in [1.54, 1.807) is 12.2 Å². The number of ketones is 1. The molecule has 164 valence electrons. The summed E-state index contributed by atoms with van der Waals surface area (Å²) in [4.78, 5) is 35.0. The number of nitrogens with one attached hydrogen (secondary N) is 1. The third-order valence-electron chi connectivity index (χ3n) is 4.89. The van der Waals surface area contributed by atoms with Crippen LogP contribution in [0.1, 0.15) is 27.9 Å². The Bertz CT molecular complexity index is 1310. The van der Waals surface area contributed by atoms with Gasteiger partial charge in [-0.1, -0.05) is 78.5 Å². The third kappa shape index (κ3) is 5.81. The molecule has 0 bridgehead atoms. The molecule has 1 fully saturated rings. The minimum absolute atomic E-state index is 0.0699. The van der Waals surface area contributed by atoms with Crippen LogP contribution in [0.2, 0.25) is 0 Å². The van der Waals surface area contributed by atoms with E-state index in [4.69, 9.17) is 5.11 Å². The number of carboxylic acids is 1. The number of carbonyl (C=O) groups excluding carboxylic acids is 2. The lowest BCUT2D eigenvalue weighted by Gasteiger charge is -2.00. The van der Waals surface area contributed by atoms with E-state index in [0.29, 0.717) is 5.56 Å². The van der Waals surface area contributed by atoms with Gasteiger partial charge in [0.2, 0.25) is 5.91 Å². The fraction of sp³-hybridized carbons (Fsp3) is 0.0800. The van der Waals surface area contributed by atoms with Gasteiger partial charge >= 0.3 is 5.97 Å². The molecule has 3 aromatic carbocycles. The molecular weight excluding hydrogens is 438 g/mol. The minimum atomic E-state index is -1.04. The number of carbonyl (C=O) groups is 3. The van der Waals surface area contributed by atoms with Gasteiger partial charge in [0, 0.05) is 5.56 Å². The smallest absolute Gasteiger partial charge is 0.305 e. The van der Waals surface area contributed by atoms with Crippen LogP contribution in [0, 0.1) is 0 Å². The monoisotopic (exact) mass is 457 g/mol. The van der Waals surface area contributed by atoms with Crippen molar-refractivity contribution in [3.63, 3.8) is 0 Å². The molecule has 0 saturated carbocycles. The van der Waals surface area contributed by atoms with Gasteiger partial charge in [-0.2, -0.15) is 5.10 Å². The largest absolute Gasteiger partial charge is 0.481 e. The van der Waals surface area contributed by atoms with Crippen molar-refractivity contribution in [2.75, 3.05) is 0 Å². The summed E-state index contributed by atoms with van der Waals surface area (Å²) in [6, 6.07) is 20.9. The van der Waals surface area contributed by atoms with E-state index >= 15 is 0 Å². The summed E-state index contributed by atoms with van der Waals surface area (Å²) in [7, 11) is 0. The molecule has 4 rings (SSSR count). The molecule has 33 heavy (non-hydrogen) atoms. The van der Waals surface area contributed by atoms with E-state index < -0.39 is 11.2 Å². The Morgan fingerprint density at radius 1 is 1.00 bits per heavy atom. The Balaban J connectivity index is 1.36. The fourth-order valence-electron chi connectivity index (χ4n) is 3.20. The first kappa shape index (κ1) is 22.2. The summed E-state index contributed by atoms with van der Waals surface area (Å²) in [5.74, 6) is -1.49. The molecule has 1 atom stereocenters. The van der Waals surface area contributed by atoms with Crippen molar-refractivity contribution < 1.29 is 19.5 Å². The van der Waals surface area contributed by atoms with Crippen molar-refractivity contribution in [3.8, 4) is 0 Å². The number of fused-ring (bicyclic) bond motifs is 1. The van der Waals surface area contributed by atoms with Crippen LogP contribution in [-0.2, 0) is 9.59 Å². The predicted molar refractivity (Wildman–Crippen MR) is 131 cm³/mol. The van der Waals surface area contributed by atoms with Gasteiger partial charge in [0.1, 0.15) is 5.25 Å². The van der Waals surface area contributed by atoms with Crippen LogP contribution >= 0.6 is 11.8 Å². The van der Waals surface area contributed by atoms with Gasteiger partial charge in [0.15, 0.2) is 11.0 Å². The van der Waals surface area contributed by atoms with Crippen molar-refractivity contribution in [3.05, 3.63) is 89.5 Å². The second-order valence-corrected chi connectivity index (χ2v) is 8.46. The number of benzene rings is 3. The van der Waals surface area contributed by atoms with Crippen LogP contribution in [0.5, 0.6) is 0 Å². The Hall–Kier alpha value is -4.04. The molecule has 2 N–H and O–H groups in total. The Morgan fingerprint density at radius 3 is 2.48 bits per heavy atom. The van der Waals surface area contributed by atoms with Crippen molar-refractivity contribution in [1.29, 1.82) is 0 Å². The Kier molecular flexibility index (Phi) is 6.75. The van der Waals surface area contributed by atoms with Gasteiger partial charge in [-0.05, 0) is 34.0 Å². The summed E-state index contributed by atoms with van der Waals surface area (Å²) in [5.41, 5.74) is 2.28. The molecular formula is C25H19N3O4S. The van der Waals surface area contributed by atoms with E-state index in [9.17, 15) is 14.4 Å². The number of nitrogens with zero attached hydrogens (tertiary/aromatic N) is 2. The summed E-state index contributed by atoms with van der Waals surface area (Å²) in [5, 5.41) is 20.9. The quantitative estimate of drug-likeness (QED) is 0.240. The third-order valence-corrected chi connectivity index (χ3v) is 5.96. The summed E-state index contributed by atoms with van der Waals surface area (Å²) in [6.45, 7) is 0. The van der Waals surface area contributed by atoms with Gasteiger partial charge in [0.05, 0.1) is 12.6 Å². The second kappa shape index (κ2) is 10.1. The van der Waals surface area contributed by atoms with Crippen molar-refractivity contribution >= 4 is 57.7 Å². The maximum atomic E-state index is 12.5. The van der Waals surface area contributed by atoms with E-state index in [1.165, 1.54) is 6.21 Å². The summed E-state index contributed by atoms with van der Waals surface area (Å²) in [6.07, 6.45) is 4.56. The van der Waals surface area contributed by atoms with Crippen molar-refractivity contribution in [1.82, 2.24) is 5.32 Å². The van der Waals surface area contributed by atoms with E-state index in [1.807, 2.05) is 66.7 Å². The number of amidine groups is 1. The number of thioether (sulfide) groups is 1. The maximum Gasteiger partial charge on any atom is 0.305 e. The fourth-order valence-corrected chi connectivity index (χ4v) is 4.11. The number of carboxylic acid groups (broad SMARTS) is 1. The van der Waals surface area contributed by atoms with Crippen LogP contribution in [0.4, 0.5) is 0 Å². The summed E-state index contributed by atoms with van der Waals surface area (Å²) < 4.78 is 0. The van der Waals surface area contributed by atoms with Crippen molar-refractivity contribution in [2.45, 2.75) is 11.7 Å². The molecule has 7 nitrogen and oxygen atoms in total. The zero-order chi connectivity index (χ0) is 23.2. The van der Waals surface area contributed by atoms with Crippen LogP contribution < -0.4 is 5.32 Å². The molecule has 0 aromatic heterocycles. The van der Waals surface area contributed by atoms with Crippen LogP contribution in [-0.4, -0.2) is 39.4 Å². The van der Waals surface area contributed by atoms with E-state index in [-0.39, 0.29) is 23.3 Å². The molecule has 0 spiro atoms. The number of amides is 1. The minimum Gasteiger partial charge on any atom is -0.481 e. The van der Waals surface area contributed by atoms with Gasteiger partial charge < -0.3 is 10.4 Å².